The van der Waals surface area contributed by atoms with Gasteiger partial charge in [-0.05, 0) is 43.9 Å². The molecule has 172 valence electrons. The maximum absolute atomic E-state index is 12.3. The van der Waals surface area contributed by atoms with E-state index in [0.717, 1.165) is 30.6 Å². The van der Waals surface area contributed by atoms with Crippen LogP contribution in [0.3, 0.4) is 0 Å². The first-order valence-electron chi connectivity index (χ1n) is 10.1. The van der Waals surface area contributed by atoms with E-state index >= 15 is 0 Å². The van der Waals surface area contributed by atoms with E-state index in [9.17, 15) is 8.42 Å². The summed E-state index contributed by atoms with van der Waals surface area (Å²) in [4.78, 5) is 6.45. The second-order valence-corrected chi connectivity index (χ2v) is 9.02. The molecule has 0 aromatic heterocycles. The highest BCUT2D eigenvalue weighted by Gasteiger charge is 2.17. The molecule has 2 rings (SSSR count). The van der Waals surface area contributed by atoms with Crippen molar-refractivity contribution in [2.45, 2.75) is 38.8 Å². The van der Waals surface area contributed by atoms with Crippen molar-refractivity contribution in [2.75, 3.05) is 46.2 Å². The van der Waals surface area contributed by atoms with Gasteiger partial charge in [0.05, 0.1) is 25.5 Å². The van der Waals surface area contributed by atoms with E-state index in [1.54, 1.807) is 7.11 Å². The fourth-order valence-corrected chi connectivity index (χ4v) is 4.00. The fourth-order valence-electron chi connectivity index (χ4n) is 3.08. The summed E-state index contributed by atoms with van der Waals surface area (Å²) in [6.45, 7) is 4.58. The predicted octanol–water partition coefficient (Wildman–Crippen LogP) is 2.20. The first-order chi connectivity index (χ1) is 13.9. The number of halogens is 1. The first-order valence-corrected chi connectivity index (χ1v) is 11.8. The Labute approximate surface area is 197 Å². The van der Waals surface area contributed by atoms with Gasteiger partial charge in [0.15, 0.2) is 5.96 Å². The van der Waals surface area contributed by atoms with Gasteiger partial charge in [-0.25, -0.2) is 13.1 Å². The summed E-state index contributed by atoms with van der Waals surface area (Å²) in [5.41, 5.74) is 1.11. The highest BCUT2D eigenvalue weighted by molar-refractivity contribution is 14.0. The molecule has 0 amide bonds. The van der Waals surface area contributed by atoms with Gasteiger partial charge < -0.3 is 19.7 Å². The van der Waals surface area contributed by atoms with E-state index in [2.05, 4.69) is 15.0 Å². The molecule has 1 heterocycles. The van der Waals surface area contributed by atoms with Crippen molar-refractivity contribution in [3.8, 4) is 5.75 Å². The maximum Gasteiger partial charge on any atom is 0.213 e. The Morgan fingerprint density at radius 2 is 2.03 bits per heavy atom. The zero-order valence-corrected chi connectivity index (χ0v) is 21.2. The number of hydrogen-bond donors (Lipinski definition) is 2. The number of ether oxygens (including phenoxy) is 2. The van der Waals surface area contributed by atoms with E-state index in [1.807, 2.05) is 43.1 Å². The summed E-state index contributed by atoms with van der Waals surface area (Å²) in [6, 6.07) is 7.84. The van der Waals surface area contributed by atoms with Crippen LogP contribution in [0.5, 0.6) is 5.75 Å². The monoisotopic (exact) mass is 554 g/mol. The van der Waals surface area contributed by atoms with Crippen molar-refractivity contribution >= 4 is 40.0 Å². The zero-order valence-electron chi connectivity index (χ0n) is 18.1. The molecular formula is C20H35IN4O4S. The highest BCUT2D eigenvalue weighted by Crippen LogP contribution is 2.13. The Bertz CT molecular complexity index is 738. The topological polar surface area (TPSA) is 92.3 Å². The lowest BCUT2D eigenvalue weighted by molar-refractivity contribution is 0.0200. The molecule has 1 aliphatic rings. The standard InChI is InChI=1S/C20H34N4O4S.HI/c1-4-21-20(24(2)16-17-8-10-18(27-3)11-9-17)22-12-14-29(25,26)23-15-19-7-5-6-13-28-19;/h8-11,19,23H,4-7,12-16H2,1-3H3,(H,21,22);1H. The van der Waals surface area contributed by atoms with Crippen LogP contribution in [0.2, 0.25) is 0 Å². The van der Waals surface area contributed by atoms with Gasteiger partial charge in [-0.1, -0.05) is 12.1 Å². The number of nitrogens with zero attached hydrogens (tertiary/aromatic N) is 2. The van der Waals surface area contributed by atoms with E-state index in [1.165, 1.54) is 0 Å². The zero-order chi connectivity index (χ0) is 21.1. The SMILES string of the molecule is CCNC(=NCCS(=O)(=O)NCC1CCCCO1)N(C)Cc1ccc(OC)cc1.I. The molecule has 1 atom stereocenters. The van der Waals surface area contributed by atoms with Crippen molar-refractivity contribution in [3.05, 3.63) is 29.8 Å². The second kappa shape index (κ2) is 14.0. The predicted molar refractivity (Wildman–Crippen MR) is 131 cm³/mol. The molecule has 8 nitrogen and oxygen atoms in total. The minimum atomic E-state index is -3.38. The third-order valence-corrected chi connectivity index (χ3v) is 6.03. The lowest BCUT2D eigenvalue weighted by Gasteiger charge is -2.23. The number of methoxy groups -OCH3 is 1. The lowest BCUT2D eigenvalue weighted by Crippen LogP contribution is -2.39. The number of benzene rings is 1. The van der Waals surface area contributed by atoms with Crippen LogP contribution < -0.4 is 14.8 Å². The van der Waals surface area contributed by atoms with E-state index in [-0.39, 0.29) is 42.4 Å². The van der Waals surface area contributed by atoms with Crippen LogP contribution in [0, 0.1) is 0 Å². The van der Waals surface area contributed by atoms with Gasteiger partial charge in [0.2, 0.25) is 10.0 Å². The minimum Gasteiger partial charge on any atom is -0.497 e. The molecule has 30 heavy (non-hydrogen) atoms. The van der Waals surface area contributed by atoms with Crippen molar-refractivity contribution in [3.63, 3.8) is 0 Å². The third-order valence-electron chi connectivity index (χ3n) is 4.70. The number of rotatable bonds is 10. The van der Waals surface area contributed by atoms with Crippen molar-refractivity contribution in [2.24, 2.45) is 4.99 Å². The molecule has 1 unspecified atom stereocenters. The van der Waals surface area contributed by atoms with Crippen LogP contribution in [0.4, 0.5) is 0 Å². The molecule has 0 bridgehead atoms. The van der Waals surface area contributed by atoms with Gasteiger partial charge in [0, 0.05) is 33.3 Å². The van der Waals surface area contributed by atoms with Gasteiger partial charge in [-0.15, -0.1) is 24.0 Å². The Hall–Kier alpha value is -1.11. The fraction of sp³-hybridized carbons (Fsp3) is 0.650. The number of guanidine groups is 1. The van der Waals surface area contributed by atoms with Gasteiger partial charge in [0.1, 0.15) is 5.75 Å². The van der Waals surface area contributed by atoms with Crippen LogP contribution in [0.25, 0.3) is 0 Å². The van der Waals surface area contributed by atoms with Crippen molar-refractivity contribution < 1.29 is 17.9 Å². The average Bonchev–Trinajstić information content (AvgIpc) is 2.73. The van der Waals surface area contributed by atoms with Crippen LogP contribution >= 0.6 is 24.0 Å². The van der Waals surface area contributed by atoms with Gasteiger partial charge in [-0.2, -0.15) is 0 Å². The summed E-state index contributed by atoms with van der Waals surface area (Å²) >= 11 is 0. The molecule has 0 radical (unpaired) electrons. The number of sulfonamides is 1. The largest absolute Gasteiger partial charge is 0.497 e. The quantitative estimate of drug-likeness (QED) is 0.262. The number of nitrogens with one attached hydrogen (secondary N) is 2. The molecule has 1 fully saturated rings. The summed E-state index contributed by atoms with van der Waals surface area (Å²) in [7, 11) is 0.189. The Morgan fingerprint density at radius 1 is 1.30 bits per heavy atom. The molecule has 1 aromatic carbocycles. The normalized spacial score (nSPS) is 17.2. The Morgan fingerprint density at radius 3 is 2.63 bits per heavy atom. The molecule has 1 aliphatic heterocycles. The van der Waals surface area contributed by atoms with E-state index < -0.39 is 10.0 Å². The van der Waals surface area contributed by atoms with Crippen molar-refractivity contribution in [1.82, 2.24) is 14.9 Å². The number of aliphatic imine (C=N–C) groups is 1. The van der Waals surface area contributed by atoms with Crippen LogP contribution in [-0.4, -0.2) is 71.5 Å². The van der Waals surface area contributed by atoms with Gasteiger partial charge in [0.25, 0.3) is 0 Å². The lowest BCUT2D eigenvalue weighted by atomic mass is 10.1. The molecule has 0 aliphatic carbocycles. The van der Waals surface area contributed by atoms with Crippen LogP contribution in [0.15, 0.2) is 29.3 Å². The maximum atomic E-state index is 12.3. The highest BCUT2D eigenvalue weighted by atomic mass is 127. The minimum absolute atomic E-state index is 0. The average molecular weight is 554 g/mol. The van der Waals surface area contributed by atoms with E-state index in [4.69, 9.17) is 9.47 Å². The molecule has 0 spiro atoms. The van der Waals surface area contributed by atoms with Crippen LogP contribution in [-0.2, 0) is 21.3 Å². The molecule has 1 aromatic rings. The summed E-state index contributed by atoms with van der Waals surface area (Å²) in [5.74, 6) is 1.44. The van der Waals surface area contributed by atoms with Gasteiger partial charge in [-0.3, -0.25) is 4.99 Å². The molecular weight excluding hydrogens is 519 g/mol. The van der Waals surface area contributed by atoms with Gasteiger partial charge >= 0.3 is 0 Å². The number of hydrogen-bond acceptors (Lipinski definition) is 5. The third kappa shape index (κ3) is 9.80. The van der Waals surface area contributed by atoms with E-state index in [0.29, 0.717) is 32.2 Å². The Balaban J connectivity index is 0.00000450. The summed E-state index contributed by atoms with van der Waals surface area (Å²) in [6.07, 6.45) is 3.02. The molecule has 2 N–H and O–H groups in total. The summed E-state index contributed by atoms with van der Waals surface area (Å²) < 4.78 is 37.9. The summed E-state index contributed by atoms with van der Waals surface area (Å²) in [5, 5.41) is 3.21. The van der Waals surface area contributed by atoms with Crippen molar-refractivity contribution in [1.29, 1.82) is 0 Å². The first kappa shape index (κ1) is 26.9. The molecule has 10 heteroatoms. The molecule has 0 saturated carbocycles. The van der Waals surface area contributed by atoms with Crippen LogP contribution in [0.1, 0.15) is 31.7 Å². The Kier molecular flexibility index (Phi) is 12.6. The molecule has 1 saturated heterocycles. The second-order valence-electron chi connectivity index (χ2n) is 7.10. The smallest absolute Gasteiger partial charge is 0.213 e.